The molecule has 0 saturated carbocycles. The molecular formula is C13H14ClN5O3. The molecule has 2 N–H and O–H groups in total. The lowest BCUT2D eigenvalue weighted by molar-refractivity contribution is -0.146. The monoisotopic (exact) mass is 323 g/mol. The maximum Gasteiger partial charge on any atom is 0.328 e. The molecule has 0 fully saturated rings. The second-order valence-corrected chi connectivity index (χ2v) is 5.57. The molecule has 0 bridgehead atoms. The van der Waals surface area contributed by atoms with E-state index >= 15 is 0 Å². The van der Waals surface area contributed by atoms with Gasteiger partial charge in [-0.3, -0.25) is 4.79 Å². The van der Waals surface area contributed by atoms with Crippen LogP contribution in [0.1, 0.15) is 13.8 Å². The van der Waals surface area contributed by atoms with E-state index in [0.29, 0.717) is 16.4 Å². The molecule has 8 nitrogen and oxygen atoms in total. The highest BCUT2D eigenvalue weighted by Crippen LogP contribution is 2.16. The van der Waals surface area contributed by atoms with Gasteiger partial charge in [-0.2, -0.15) is 4.80 Å². The second kappa shape index (κ2) is 6.10. The quantitative estimate of drug-likeness (QED) is 0.848. The van der Waals surface area contributed by atoms with Gasteiger partial charge in [0.1, 0.15) is 12.1 Å². The van der Waals surface area contributed by atoms with Gasteiger partial charge in [0.15, 0.2) is 0 Å². The van der Waals surface area contributed by atoms with Crippen molar-refractivity contribution in [3.8, 4) is 11.4 Å². The maximum absolute atomic E-state index is 11.8. The first-order valence-corrected chi connectivity index (χ1v) is 6.74. The molecule has 0 aliphatic rings. The summed E-state index contributed by atoms with van der Waals surface area (Å²) in [5, 5.41) is 23.6. The normalized spacial score (nSPS) is 11.2. The summed E-state index contributed by atoms with van der Waals surface area (Å²) in [6.45, 7) is 2.56. The van der Waals surface area contributed by atoms with Gasteiger partial charge in [-0.15, -0.1) is 10.2 Å². The molecule has 2 aromatic rings. The van der Waals surface area contributed by atoms with Crippen LogP contribution in [-0.2, 0) is 16.1 Å². The maximum atomic E-state index is 11.8. The first kappa shape index (κ1) is 15.9. The number of rotatable bonds is 5. The van der Waals surface area contributed by atoms with E-state index in [-0.39, 0.29) is 6.54 Å². The van der Waals surface area contributed by atoms with E-state index in [1.807, 2.05) is 0 Å². The van der Waals surface area contributed by atoms with Gasteiger partial charge in [-0.25, -0.2) is 4.79 Å². The lowest BCUT2D eigenvalue weighted by Gasteiger charge is -2.20. The number of hydrogen-bond acceptors (Lipinski definition) is 5. The number of halogens is 1. The number of benzene rings is 1. The van der Waals surface area contributed by atoms with Crippen molar-refractivity contribution in [2.45, 2.75) is 25.9 Å². The van der Waals surface area contributed by atoms with Crippen molar-refractivity contribution in [1.82, 2.24) is 25.5 Å². The number of carbonyl (C=O) groups is 2. The summed E-state index contributed by atoms with van der Waals surface area (Å²) < 4.78 is 0. The fourth-order valence-electron chi connectivity index (χ4n) is 1.59. The van der Waals surface area contributed by atoms with Crippen LogP contribution in [0.5, 0.6) is 0 Å². The van der Waals surface area contributed by atoms with Crippen LogP contribution in [0, 0.1) is 0 Å². The highest BCUT2D eigenvalue weighted by atomic mass is 35.5. The van der Waals surface area contributed by atoms with Crippen molar-refractivity contribution in [2.24, 2.45) is 0 Å². The van der Waals surface area contributed by atoms with Crippen molar-refractivity contribution >= 4 is 23.5 Å². The van der Waals surface area contributed by atoms with Crippen LogP contribution >= 0.6 is 11.6 Å². The number of hydrogen-bond donors (Lipinski definition) is 2. The Morgan fingerprint density at radius 2 is 1.95 bits per heavy atom. The first-order valence-electron chi connectivity index (χ1n) is 6.36. The van der Waals surface area contributed by atoms with Gasteiger partial charge in [-0.05, 0) is 43.3 Å². The number of aliphatic carboxylic acids is 1. The second-order valence-electron chi connectivity index (χ2n) is 5.13. The molecule has 0 radical (unpaired) electrons. The summed E-state index contributed by atoms with van der Waals surface area (Å²) in [6.07, 6.45) is 0. The summed E-state index contributed by atoms with van der Waals surface area (Å²) >= 11 is 5.80. The van der Waals surface area contributed by atoms with Crippen molar-refractivity contribution < 1.29 is 14.7 Å². The molecule has 9 heteroatoms. The van der Waals surface area contributed by atoms with E-state index in [4.69, 9.17) is 16.7 Å². The summed E-state index contributed by atoms with van der Waals surface area (Å²) in [4.78, 5) is 23.8. The van der Waals surface area contributed by atoms with Crippen LogP contribution in [0.4, 0.5) is 0 Å². The van der Waals surface area contributed by atoms with E-state index in [1.54, 1.807) is 24.3 Å². The van der Waals surface area contributed by atoms with Gasteiger partial charge < -0.3 is 10.4 Å². The van der Waals surface area contributed by atoms with Crippen LogP contribution in [0.25, 0.3) is 11.4 Å². The van der Waals surface area contributed by atoms with Crippen molar-refractivity contribution in [2.75, 3.05) is 0 Å². The van der Waals surface area contributed by atoms with Crippen molar-refractivity contribution in [3.05, 3.63) is 29.3 Å². The zero-order valence-corrected chi connectivity index (χ0v) is 12.7. The van der Waals surface area contributed by atoms with Gasteiger partial charge in [0.05, 0.1) is 0 Å². The third kappa shape index (κ3) is 3.79. The Hall–Kier alpha value is -2.48. The molecule has 0 atom stereocenters. The molecular weight excluding hydrogens is 310 g/mol. The molecule has 0 unspecified atom stereocenters. The van der Waals surface area contributed by atoms with Gasteiger partial charge in [-0.1, -0.05) is 11.6 Å². The number of aromatic nitrogens is 4. The Morgan fingerprint density at radius 3 is 2.55 bits per heavy atom. The van der Waals surface area contributed by atoms with Crippen LogP contribution in [0.15, 0.2) is 24.3 Å². The highest BCUT2D eigenvalue weighted by molar-refractivity contribution is 6.30. The van der Waals surface area contributed by atoms with Crippen LogP contribution < -0.4 is 5.32 Å². The average molecular weight is 324 g/mol. The predicted molar refractivity (Wildman–Crippen MR) is 78.1 cm³/mol. The minimum absolute atomic E-state index is 0.225. The number of nitrogens with one attached hydrogen (secondary N) is 1. The Balaban J connectivity index is 2.05. The van der Waals surface area contributed by atoms with Gasteiger partial charge in [0, 0.05) is 10.6 Å². The Bertz CT molecular complexity index is 696. The van der Waals surface area contributed by atoms with Gasteiger partial charge >= 0.3 is 5.97 Å². The molecule has 1 aromatic heterocycles. The largest absolute Gasteiger partial charge is 0.480 e. The SMILES string of the molecule is CC(C)(NC(=O)Cn1nnc(-c2ccc(Cl)cc2)n1)C(=O)O. The molecule has 1 amide bonds. The minimum atomic E-state index is -1.36. The first-order chi connectivity index (χ1) is 10.3. The van der Waals surface area contributed by atoms with E-state index in [9.17, 15) is 9.59 Å². The van der Waals surface area contributed by atoms with Crippen LogP contribution in [0.2, 0.25) is 5.02 Å². The molecule has 0 spiro atoms. The number of tetrazole rings is 1. The summed E-state index contributed by atoms with van der Waals surface area (Å²) in [5.74, 6) is -1.30. The molecule has 1 aromatic carbocycles. The molecule has 0 aliphatic heterocycles. The van der Waals surface area contributed by atoms with E-state index in [1.165, 1.54) is 13.8 Å². The van der Waals surface area contributed by atoms with Crippen molar-refractivity contribution in [1.29, 1.82) is 0 Å². The third-order valence-electron chi connectivity index (χ3n) is 2.83. The predicted octanol–water partition coefficient (Wildman–Crippen LogP) is 0.973. The number of amides is 1. The van der Waals surface area contributed by atoms with Gasteiger partial charge in [0.25, 0.3) is 0 Å². The highest BCUT2D eigenvalue weighted by Gasteiger charge is 2.29. The zero-order valence-electron chi connectivity index (χ0n) is 11.9. The molecule has 116 valence electrons. The molecule has 22 heavy (non-hydrogen) atoms. The number of nitrogens with zero attached hydrogens (tertiary/aromatic N) is 4. The minimum Gasteiger partial charge on any atom is -0.480 e. The summed E-state index contributed by atoms with van der Waals surface area (Å²) in [6, 6.07) is 6.86. The topological polar surface area (TPSA) is 110 Å². The lowest BCUT2D eigenvalue weighted by atomic mass is 10.1. The van der Waals surface area contributed by atoms with Crippen LogP contribution in [0.3, 0.4) is 0 Å². The zero-order chi connectivity index (χ0) is 16.3. The number of carboxylic acid groups (broad SMARTS) is 1. The van der Waals surface area contributed by atoms with E-state index < -0.39 is 17.4 Å². The standard InChI is InChI=1S/C13H14ClN5O3/c1-13(2,12(21)22)15-10(20)7-19-17-11(16-18-19)8-3-5-9(14)6-4-8/h3-6H,7H2,1-2H3,(H,15,20)(H,21,22). The molecule has 2 rings (SSSR count). The smallest absolute Gasteiger partial charge is 0.328 e. The fourth-order valence-corrected chi connectivity index (χ4v) is 1.72. The Kier molecular flexibility index (Phi) is 4.41. The summed E-state index contributed by atoms with van der Waals surface area (Å²) in [5.41, 5.74) is -0.654. The van der Waals surface area contributed by atoms with E-state index in [2.05, 4.69) is 20.7 Å². The summed E-state index contributed by atoms with van der Waals surface area (Å²) in [7, 11) is 0. The fraction of sp³-hybridized carbons (Fsp3) is 0.308. The van der Waals surface area contributed by atoms with Gasteiger partial charge in [0.2, 0.25) is 11.7 Å². The van der Waals surface area contributed by atoms with Crippen LogP contribution in [-0.4, -0.2) is 42.7 Å². The number of carbonyl (C=O) groups excluding carboxylic acids is 1. The Labute approximate surface area is 131 Å². The molecule has 1 heterocycles. The Morgan fingerprint density at radius 1 is 1.32 bits per heavy atom. The van der Waals surface area contributed by atoms with E-state index in [0.717, 1.165) is 4.80 Å². The van der Waals surface area contributed by atoms with Crippen molar-refractivity contribution in [3.63, 3.8) is 0 Å². The third-order valence-corrected chi connectivity index (χ3v) is 3.08. The molecule has 0 saturated heterocycles. The number of carboxylic acids is 1. The average Bonchev–Trinajstić information content (AvgIpc) is 2.87. The molecule has 0 aliphatic carbocycles. The lowest BCUT2D eigenvalue weighted by Crippen LogP contribution is -2.50.